The maximum atomic E-state index is 12.6. The average Bonchev–Trinajstić information content (AvgIpc) is 2.43. The van der Waals surface area contributed by atoms with Crippen LogP contribution in [0.3, 0.4) is 0 Å². The molecular weight excluding hydrogens is 228 g/mol. The highest BCUT2D eigenvalue weighted by Gasteiger charge is 2.28. The summed E-state index contributed by atoms with van der Waals surface area (Å²) in [4.78, 5) is 14.6. The first kappa shape index (κ1) is 15.4. The van der Waals surface area contributed by atoms with Crippen LogP contribution in [0.4, 0.5) is 0 Å². The van der Waals surface area contributed by atoms with Gasteiger partial charge in [-0.15, -0.1) is 0 Å². The Morgan fingerprint density at radius 3 is 2.61 bits per heavy atom. The number of carbonyl (C=O) groups excluding carboxylic acids is 1. The quantitative estimate of drug-likeness (QED) is 0.755. The summed E-state index contributed by atoms with van der Waals surface area (Å²) in [6.07, 6.45) is 5.34. The number of hydrogen-bond donors (Lipinski definition) is 1. The molecule has 1 fully saturated rings. The molecule has 0 spiro atoms. The van der Waals surface area contributed by atoms with Gasteiger partial charge in [-0.2, -0.15) is 0 Å². The van der Waals surface area contributed by atoms with Crippen LogP contribution in [0.15, 0.2) is 0 Å². The minimum Gasteiger partial charge on any atom is -0.383 e. The standard InChI is InChI=1S/C14H28N2O2/c1-4-12(5-2)16(10-11-18-3)14(17)13-8-6-7-9-15-13/h12-13,15H,4-11H2,1-3H3/t13-/m1/s1. The highest BCUT2D eigenvalue weighted by atomic mass is 16.5. The lowest BCUT2D eigenvalue weighted by Crippen LogP contribution is -2.52. The van der Waals surface area contributed by atoms with E-state index in [1.54, 1.807) is 7.11 Å². The number of piperidine rings is 1. The van der Waals surface area contributed by atoms with Crippen molar-refractivity contribution < 1.29 is 9.53 Å². The average molecular weight is 256 g/mol. The lowest BCUT2D eigenvalue weighted by molar-refractivity contribution is -0.137. The Labute approximate surface area is 111 Å². The Hall–Kier alpha value is -0.610. The number of hydrogen-bond acceptors (Lipinski definition) is 3. The van der Waals surface area contributed by atoms with Gasteiger partial charge in [-0.05, 0) is 32.2 Å². The summed E-state index contributed by atoms with van der Waals surface area (Å²) in [5.41, 5.74) is 0. The van der Waals surface area contributed by atoms with Gasteiger partial charge in [0.05, 0.1) is 12.6 Å². The summed E-state index contributed by atoms with van der Waals surface area (Å²) < 4.78 is 5.13. The molecule has 106 valence electrons. The molecule has 1 amide bonds. The molecule has 1 saturated heterocycles. The summed E-state index contributed by atoms with van der Waals surface area (Å²) >= 11 is 0. The zero-order valence-electron chi connectivity index (χ0n) is 12.1. The SMILES string of the molecule is CCC(CC)N(CCOC)C(=O)[C@H]1CCCCN1. The molecule has 0 aromatic heterocycles. The zero-order chi connectivity index (χ0) is 13.4. The van der Waals surface area contributed by atoms with Crippen LogP contribution in [0.25, 0.3) is 0 Å². The van der Waals surface area contributed by atoms with E-state index in [2.05, 4.69) is 19.2 Å². The Morgan fingerprint density at radius 1 is 1.39 bits per heavy atom. The molecule has 0 saturated carbocycles. The minimum absolute atomic E-state index is 0.0243. The molecule has 18 heavy (non-hydrogen) atoms. The number of rotatable bonds is 7. The maximum absolute atomic E-state index is 12.6. The van der Waals surface area contributed by atoms with Gasteiger partial charge in [0.1, 0.15) is 0 Å². The van der Waals surface area contributed by atoms with Crippen molar-refractivity contribution in [2.45, 2.75) is 58.0 Å². The topological polar surface area (TPSA) is 41.6 Å². The molecule has 1 atom stereocenters. The van der Waals surface area contributed by atoms with Gasteiger partial charge in [-0.1, -0.05) is 20.3 Å². The summed E-state index contributed by atoms with van der Waals surface area (Å²) in [6.45, 7) is 6.59. The smallest absolute Gasteiger partial charge is 0.240 e. The summed E-state index contributed by atoms with van der Waals surface area (Å²) in [5.74, 6) is 0.264. The number of nitrogens with one attached hydrogen (secondary N) is 1. The molecule has 1 N–H and O–H groups in total. The van der Waals surface area contributed by atoms with E-state index >= 15 is 0 Å². The molecule has 0 aliphatic carbocycles. The van der Waals surface area contributed by atoms with E-state index in [0.29, 0.717) is 19.2 Å². The summed E-state index contributed by atoms with van der Waals surface area (Å²) in [5, 5.41) is 3.35. The van der Waals surface area contributed by atoms with Gasteiger partial charge in [-0.3, -0.25) is 4.79 Å². The van der Waals surface area contributed by atoms with Gasteiger partial charge in [0.25, 0.3) is 0 Å². The Morgan fingerprint density at radius 2 is 2.11 bits per heavy atom. The fourth-order valence-corrected chi connectivity index (χ4v) is 2.65. The van der Waals surface area contributed by atoms with Crippen LogP contribution in [0.5, 0.6) is 0 Å². The molecule has 0 aromatic carbocycles. The maximum Gasteiger partial charge on any atom is 0.240 e. The number of nitrogens with zero attached hydrogens (tertiary/aromatic N) is 1. The fourth-order valence-electron chi connectivity index (χ4n) is 2.65. The number of ether oxygens (including phenoxy) is 1. The summed E-state index contributed by atoms with van der Waals surface area (Å²) in [6, 6.07) is 0.368. The third-order valence-corrected chi connectivity index (χ3v) is 3.81. The normalized spacial score (nSPS) is 20.1. The van der Waals surface area contributed by atoms with Crippen molar-refractivity contribution in [2.75, 3.05) is 26.8 Å². The predicted molar refractivity (Wildman–Crippen MR) is 73.6 cm³/mol. The first-order valence-electron chi connectivity index (χ1n) is 7.27. The molecule has 1 rings (SSSR count). The van der Waals surface area contributed by atoms with E-state index < -0.39 is 0 Å². The second-order valence-corrected chi connectivity index (χ2v) is 5.00. The first-order chi connectivity index (χ1) is 8.74. The molecule has 0 bridgehead atoms. The molecule has 1 aliphatic rings. The second kappa shape index (κ2) is 8.48. The van der Waals surface area contributed by atoms with Gasteiger partial charge < -0.3 is 15.0 Å². The molecule has 1 heterocycles. The van der Waals surface area contributed by atoms with Crippen LogP contribution in [0.2, 0.25) is 0 Å². The van der Waals surface area contributed by atoms with Crippen molar-refractivity contribution in [3.8, 4) is 0 Å². The third kappa shape index (κ3) is 4.25. The molecule has 4 heteroatoms. The number of methoxy groups -OCH3 is 1. The summed E-state index contributed by atoms with van der Waals surface area (Å²) in [7, 11) is 1.69. The van der Waals surface area contributed by atoms with Gasteiger partial charge in [0.2, 0.25) is 5.91 Å². The van der Waals surface area contributed by atoms with Crippen molar-refractivity contribution >= 4 is 5.91 Å². The first-order valence-corrected chi connectivity index (χ1v) is 7.27. The van der Waals surface area contributed by atoms with Crippen molar-refractivity contribution in [1.29, 1.82) is 0 Å². The van der Waals surface area contributed by atoms with E-state index in [9.17, 15) is 4.79 Å². The van der Waals surface area contributed by atoms with Crippen LogP contribution >= 0.6 is 0 Å². The van der Waals surface area contributed by atoms with Crippen LogP contribution in [-0.2, 0) is 9.53 Å². The number of amides is 1. The molecular formula is C14H28N2O2. The van der Waals surface area contributed by atoms with Crippen molar-refractivity contribution in [1.82, 2.24) is 10.2 Å². The molecule has 0 radical (unpaired) electrons. The monoisotopic (exact) mass is 256 g/mol. The molecule has 0 unspecified atom stereocenters. The number of carbonyl (C=O) groups is 1. The highest BCUT2D eigenvalue weighted by molar-refractivity contribution is 5.82. The largest absolute Gasteiger partial charge is 0.383 e. The van der Waals surface area contributed by atoms with Crippen LogP contribution in [-0.4, -0.2) is 49.7 Å². The predicted octanol–water partition coefficient (Wildman–Crippen LogP) is 1.79. The van der Waals surface area contributed by atoms with E-state index in [1.165, 1.54) is 6.42 Å². The highest BCUT2D eigenvalue weighted by Crippen LogP contribution is 2.15. The van der Waals surface area contributed by atoms with E-state index in [0.717, 1.165) is 32.2 Å². The van der Waals surface area contributed by atoms with Gasteiger partial charge in [0.15, 0.2) is 0 Å². The van der Waals surface area contributed by atoms with E-state index in [-0.39, 0.29) is 11.9 Å². The Balaban J connectivity index is 2.63. The minimum atomic E-state index is 0.0243. The molecule has 1 aliphatic heterocycles. The Bertz CT molecular complexity index is 236. The second-order valence-electron chi connectivity index (χ2n) is 5.00. The third-order valence-electron chi connectivity index (χ3n) is 3.81. The van der Waals surface area contributed by atoms with E-state index in [1.807, 2.05) is 4.90 Å². The van der Waals surface area contributed by atoms with Gasteiger partial charge >= 0.3 is 0 Å². The van der Waals surface area contributed by atoms with Crippen LogP contribution < -0.4 is 5.32 Å². The van der Waals surface area contributed by atoms with Crippen LogP contribution in [0, 0.1) is 0 Å². The Kier molecular flexibility index (Phi) is 7.28. The lowest BCUT2D eigenvalue weighted by Gasteiger charge is -2.35. The van der Waals surface area contributed by atoms with Gasteiger partial charge in [0, 0.05) is 19.7 Å². The molecule has 4 nitrogen and oxygen atoms in total. The van der Waals surface area contributed by atoms with Crippen molar-refractivity contribution in [3.63, 3.8) is 0 Å². The lowest BCUT2D eigenvalue weighted by atomic mass is 10.0. The zero-order valence-corrected chi connectivity index (χ0v) is 12.1. The van der Waals surface area contributed by atoms with Crippen molar-refractivity contribution in [2.24, 2.45) is 0 Å². The van der Waals surface area contributed by atoms with E-state index in [4.69, 9.17) is 4.74 Å². The fraction of sp³-hybridized carbons (Fsp3) is 0.929. The van der Waals surface area contributed by atoms with Crippen LogP contribution in [0.1, 0.15) is 46.0 Å². The van der Waals surface area contributed by atoms with Gasteiger partial charge in [-0.25, -0.2) is 0 Å². The van der Waals surface area contributed by atoms with Crippen molar-refractivity contribution in [3.05, 3.63) is 0 Å². The molecule has 0 aromatic rings.